The van der Waals surface area contributed by atoms with Crippen LogP contribution in [-0.2, 0) is 11.2 Å². The molecule has 1 aromatic carbocycles. The van der Waals surface area contributed by atoms with Crippen molar-refractivity contribution in [2.24, 2.45) is 0 Å². The van der Waals surface area contributed by atoms with Crippen LogP contribution in [0.2, 0.25) is 0 Å². The molecule has 0 aromatic heterocycles. The van der Waals surface area contributed by atoms with E-state index in [1.54, 1.807) is 0 Å². The highest BCUT2D eigenvalue weighted by molar-refractivity contribution is 5.25. The second kappa shape index (κ2) is 5.65. The first kappa shape index (κ1) is 12.6. The molecule has 0 bridgehead atoms. The summed E-state index contributed by atoms with van der Waals surface area (Å²) in [5.74, 6) is 0. The highest BCUT2D eigenvalue weighted by Crippen LogP contribution is 2.25. The van der Waals surface area contributed by atoms with Crippen molar-refractivity contribution in [2.45, 2.75) is 51.8 Å². The largest absolute Gasteiger partial charge is 0.372 e. The average molecular weight is 233 g/mol. The van der Waals surface area contributed by atoms with Crippen molar-refractivity contribution in [3.8, 4) is 0 Å². The Morgan fingerprint density at radius 2 is 1.94 bits per heavy atom. The van der Waals surface area contributed by atoms with E-state index in [2.05, 4.69) is 50.4 Å². The lowest BCUT2D eigenvalue weighted by molar-refractivity contribution is 0.0461. The molecule has 94 valence electrons. The predicted molar refractivity (Wildman–Crippen MR) is 71.2 cm³/mol. The minimum absolute atomic E-state index is 0.186. The first-order valence-electron chi connectivity index (χ1n) is 6.67. The summed E-state index contributed by atoms with van der Waals surface area (Å²) in [6, 6.07) is 9.75. The molecule has 0 spiro atoms. The Balaban J connectivity index is 2.13. The van der Waals surface area contributed by atoms with Crippen LogP contribution in [0.4, 0.5) is 0 Å². The summed E-state index contributed by atoms with van der Waals surface area (Å²) < 4.78 is 5.98. The number of rotatable bonds is 2. The lowest BCUT2D eigenvalue weighted by atomic mass is 10.0. The zero-order chi connectivity index (χ0) is 12.3. The van der Waals surface area contributed by atoms with Gasteiger partial charge in [-0.25, -0.2) is 0 Å². The van der Waals surface area contributed by atoms with Crippen molar-refractivity contribution in [3.05, 3.63) is 35.4 Å². The van der Waals surface area contributed by atoms with Gasteiger partial charge in [-0.2, -0.15) is 0 Å². The standard InChI is InChI=1S/C15H23NO/c1-4-13-5-7-14(8-6-13)15-12(3)16-11(2)9-10-17-15/h5-8,11-12,15-16H,4,9-10H2,1-3H3. The SMILES string of the molecule is CCc1ccc(C2OCCC(C)NC2C)cc1. The maximum atomic E-state index is 5.98. The van der Waals surface area contributed by atoms with Gasteiger partial charge in [-0.05, 0) is 37.8 Å². The van der Waals surface area contributed by atoms with E-state index in [-0.39, 0.29) is 6.10 Å². The van der Waals surface area contributed by atoms with Gasteiger partial charge >= 0.3 is 0 Å². The van der Waals surface area contributed by atoms with Crippen LogP contribution in [0.5, 0.6) is 0 Å². The van der Waals surface area contributed by atoms with Crippen molar-refractivity contribution >= 4 is 0 Å². The summed E-state index contributed by atoms with van der Waals surface area (Å²) in [6.45, 7) is 7.46. The van der Waals surface area contributed by atoms with Crippen LogP contribution < -0.4 is 5.32 Å². The van der Waals surface area contributed by atoms with Crippen LogP contribution in [0.25, 0.3) is 0 Å². The van der Waals surface area contributed by atoms with Crippen LogP contribution in [0.3, 0.4) is 0 Å². The van der Waals surface area contributed by atoms with Crippen LogP contribution in [0, 0.1) is 0 Å². The Hall–Kier alpha value is -0.860. The molecule has 1 aromatic rings. The molecule has 1 saturated heterocycles. The summed E-state index contributed by atoms with van der Waals surface area (Å²) in [7, 11) is 0. The third-order valence-corrected chi connectivity index (χ3v) is 3.57. The Morgan fingerprint density at radius 1 is 1.24 bits per heavy atom. The quantitative estimate of drug-likeness (QED) is 0.847. The monoisotopic (exact) mass is 233 g/mol. The summed E-state index contributed by atoms with van der Waals surface area (Å²) >= 11 is 0. The van der Waals surface area contributed by atoms with E-state index in [9.17, 15) is 0 Å². The third-order valence-electron chi connectivity index (χ3n) is 3.57. The van der Waals surface area contributed by atoms with Gasteiger partial charge in [0, 0.05) is 18.7 Å². The van der Waals surface area contributed by atoms with Gasteiger partial charge in [-0.3, -0.25) is 0 Å². The molecule has 3 atom stereocenters. The van der Waals surface area contributed by atoms with Gasteiger partial charge < -0.3 is 10.1 Å². The Morgan fingerprint density at radius 3 is 2.59 bits per heavy atom. The summed E-state index contributed by atoms with van der Waals surface area (Å²) in [5, 5.41) is 3.59. The summed E-state index contributed by atoms with van der Waals surface area (Å²) in [5.41, 5.74) is 2.67. The molecule has 1 aliphatic heterocycles. The molecule has 2 heteroatoms. The second-order valence-electron chi connectivity index (χ2n) is 5.03. The molecule has 1 aliphatic rings. The number of benzene rings is 1. The Labute approximate surface area is 104 Å². The zero-order valence-corrected chi connectivity index (χ0v) is 11.1. The molecular formula is C15H23NO. The molecule has 2 nitrogen and oxygen atoms in total. The predicted octanol–water partition coefficient (Wildman–Crippen LogP) is 3.08. The van der Waals surface area contributed by atoms with Gasteiger partial charge in [0.25, 0.3) is 0 Å². The van der Waals surface area contributed by atoms with Crippen molar-refractivity contribution in [3.63, 3.8) is 0 Å². The van der Waals surface area contributed by atoms with Crippen LogP contribution in [-0.4, -0.2) is 18.7 Å². The topological polar surface area (TPSA) is 21.3 Å². The number of aryl methyl sites for hydroxylation is 1. The van der Waals surface area contributed by atoms with E-state index in [4.69, 9.17) is 4.74 Å². The zero-order valence-electron chi connectivity index (χ0n) is 11.1. The van der Waals surface area contributed by atoms with Gasteiger partial charge in [0.15, 0.2) is 0 Å². The first-order chi connectivity index (χ1) is 8.20. The van der Waals surface area contributed by atoms with E-state index in [1.807, 2.05) is 0 Å². The molecule has 3 unspecified atom stereocenters. The number of hydrogen-bond acceptors (Lipinski definition) is 2. The first-order valence-corrected chi connectivity index (χ1v) is 6.67. The third kappa shape index (κ3) is 3.08. The Kier molecular flexibility index (Phi) is 4.19. The molecule has 0 radical (unpaired) electrons. The lowest BCUT2D eigenvalue weighted by Crippen LogP contribution is -2.36. The normalized spacial score (nSPS) is 29.9. The fourth-order valence-corrected chi connectivity index (χ4v) is 2.46. The fraction of sp³-hybridized carbons (Fsp3) is 0.600. The van der Waals surface area contributed by atoms with Gasteiger partial charge in [0.05, 0.1) is 6.10 Å². The summed E-state index contributed by atoms with van der Waals surface area (Å²) in [6.07, 6.45) is 2.37. The van der Waals surface area contributed by atoms with Gasteiger partial charge in [0.1, 0.15) is 0 Å². The van der Waals surface area contributed by atoms with E-state index in [1.165, 1.54) is 11.1 Å². The van der Waals surface area contributed by atoms with E-state index in [0.29, 0.717) is 12.1 Å². The van der Waals surface area contributed by atoms with Crippen molar-refractivity contribution < 1.29 is 4.74 Å². The van der Waals surface area contributed by atoms with Crippen LogP contribution in [0.1, 0.15) is 44.4 Å². The van der Waals surface area contributed by atoms with Crippen molar-refractivity contribution in [1.82, 2.24) is 5.32 Å². The van der Waals surface area contributed by atoms with E-state index >= 15 is 0 Å². The van der Waals surface area contributed by atoms with Gasteiger partial charge in [-0.1, -0.05) is 31.2 Å². The fourth-order valence-electron chi connectivity index (χ4n) is 2.46. The van der Waals surface area contributed by atoms with Crippen LogP contribution in [0.15, 0.2) is 24.3 Å². The average Bonchev–Trinajstić information content (AvgIpc) is 2.50. The summed E-state index contributed by atoms with van der Waals surface area (Å²) in [4.78, 5) is 0. The minimum Gasteiger partial charge on any atom is -0.372 e. The second-order valence-corrected chi connectivity index (χ2v) is 5.03. The highest BCUT2D eigenvalue weighted by atomic mass is 16.5. The van der Waals surface area contributed by atoms with E-state index in [0.717, 1.165) is 19.4 Å². The smallest absolute Gasteiger partial charge is 0.0975 e. The number of ether oxygens (including phenoxy) is 1. The van der Waals surface area contributed by atoms with Crippen LogP contribution >= 0.6 is 0 Å². The maximum absolute atomic E-state index is 5.98. The highest BCUT2D eigenvalue weighted by Gasteiger charge is 2.24. The lowest BCUT2D eigenvalue weighted by Gasteiger charge is -2.23. The molecule has 1 N–H and O–H groups in total. The molecule has 17 heavy (non-hydrogen) atoms. The van der Waals surface area contributed by atoms with Crippen molar-refractivity contribution in [1.29, 1.82) is 0 Å². The molecular weight excluding hydrogens is 210 g/mol. The van der Waals surface area contributed by atoms with E-state index < -0.39 is 0 Å². The maximum Gasteiger partial charge on any atom is 0.0975 e. The molecule has 0 saturated carbocycles. The molecule has 1 heterocycles. The van der Waals surface area contributed by atoms with Gasteiger partial charge in [-0.15, -0.1) is 0 Å². The number of hydrogen-bond donors (Lipinski definition) is 1. The molecule has 2 rings (SSSR count). The number of nitrogens with one attached hydrogen (secondary N) is 1. The molecule has 0 aliphatic carbocycles. The minimum atomic E-state index is 0.186. The molecule has 0 amide bonds. The van der Waals surface area contributed by atoms with Gasteiger partial charge in [0.2, 0.25) is 0 Å². The van der Waals surface area contributed by atoms with Crippen molar-refractivity contribution in [2.75, 3.05) is 6.61 Å². The Bertz CT molecular complexity index is 346. The molecule has 1 fully saturated rings.